The molecule has 0 N–H and O–H groups in total. The molecule has 0 radical (unpaired) electrons. The minimum atomic E-state index is -0.491. The highest BCUT2D eigenvalue weighted by Gasteiger charge is 2.49. The van der Waals surface area contributed by atoms with Crippen LogP contribution in [-0.4, -0.2) is 51.7 Å². The number of pyridine rings is 2. The number of nitrogens with zero attached hydrogens (tertiary/aromatic N) is 4. The van der Waals surface area contributed by atoms with Gasteiger partial charge in [0.05, 0.1) is 11.1 Å². The van der Waals surface area contributed by atoms with Crippen LogP contribution in [-0.2, 0) is 4.74 Å². The van der Waals surface area contributed by atoms with Crippen molar-refractivity contribution in [2.75, 3.05) is 24.5 Å². The Hall–Kier alpha value is -2.08. The van der Waals surface area contributed by atoms with E-state index in [9.17, 15) is 4.79 Å². The summed E-state index contributed by atoms with van der Waals surface area (Å²) in [5.41, 5.74) is 0.153. The molecular weight excluding hydrogens is 364 g/mol. The van der Waals surface area contributed by atoms with Crippen LogP contribution in [0.5, 0.6) is 0 Å². The van der Waals surface area contributed by atoms with Crippen LogP contribution < -0.4 is 4.90 Å². The Kier molecular flexibility index (Phi) is 4.41. The number of likely N-dealkylation sites (tertiary alicyclic amines) is 1. The first-order valence-electron chi connectivity index (χ1n) is 9.44. The predicted molar refractivity (Wildman–Crippen MR) is 106 cm³/mol. The van der Waals surface area contributed by atoms with Crippen molar-refractivity contribution in [3.63, 3.8) is 0 Å². The molecule has 0 saturated carbocycles. The van der Waals surface area contributed by atoms with Gasteiger partial charge in [-0.15, -0.1) is 0 Å². The molecule has 0 bridgehead atoms. The van der Waals surface area contributed by atoms with E-state index in [0.29, 0.717) is 5.15 Å². The Bertz CT molecular complexity index is 882. The molecule has 0 aromatic carbocycles. The Morgan fingerprint density at radius 1 is 1.30 bits per heavy atom. The summed E-state index contributed by atoms with van der Waals surface area (Å²) in [4.78, 5) is 25.9. The first-order chi connectivity index (χ1) is 12.8. The average molecular weight is 389 g/mol. The van der Waals surface area contributed by atoms with Gasteiger partial charge in [0.25, 0.3) is 0 Å². The van der Waals surface area contributed by atoms with Crippen LogP contribution in [0.25, 0.3) is 10.9 Å². The van der Waals surface area contributed by atoms with Gasteiger partial charge >= 0.3 is 6.09 Å². The van der Waals surface area contributed by atoms with Crippen LogP contribution in [0.2, 0.25) is 5.15 Å². The summed E-state index contributed by atoms with van der Waals surface area (Å²) in [6, 6.07) is 5.72. The van der Waals surface area contributed by atoms with Gasteiger partial charge in [0.1, 0.15) is 16.6 Å². The van der Waals surface area contributed by atoms with Gasteiger partial charge in [0.2, 0.25) is 0 Å². The number of hydrogen-bond acceptors (Lipinski definition) is 5. The molecule has 0 aliphatic carbocycles. The summed E-state index contributed by atoms with van der Waals surface area (Å²) in [6.07, 6.45) is 4.43. The van der Waals surface area contributed by atoms with E-state index in [1.54, 1.807) is 12.3 Å². The lowest BCUT2D eigenvalue weighted by Crippen LogP contribution is -2.50. The van der Waals surface area contributed by atoms with E-state index < -0.39 is 5.60 Å². The molecule has 1 amide bonds. The summed E-state index contributed by atoms with van der Waals surface area (Å²) >= 11 is 6.24. The Labute approximate surface area is 164 Å². The Morgan fingerprint density at radius 2 is 2.11 bits per heavy atom. The number of ether oxygens (including phenoxy) is 1. The summed E-state index contributed by atoms with van der Waals surface area (Å²) in [7, 11) is 0. The maximum absolute atomic E-state index is 12.8. The van der Waals surface area contributed by atoms with Gasteiger partial charge in [0, 0.05) is 37.3 Å². The van der Waals surface area contributed by atoms with Gasteiger partial charge in [-0.2, -0.15) is 0 Å². The zero-order chi connectivity index (χ0) is 19.2. The number of carbonyl (C=O) groups is 1. The summed E-state index contributed by atoms with van der Waals surface area (Å²) in [5, 5.41) is 1.42. The number of fused-ring (bicyclic) bond motifs is 1. The molecule has 2 fully saturated rings. The molecule has 2 aromatic heterocycles. The lowest BCUT2D eigenvalue weighted by molar-refractivity contribution is 0.0111. The third-order valence-corrected chi connectivity index (χ3v) is 5.58. The molecule has 1 spiro atoms. The molecule has 2 saturated heterocycles. The van der Waals surface area contributed by atoms with Gasteiger partial charge in [-0.1, -0.05) is 11.6 Å². The first-order valence-corrected chi connectivity index (χ1v) is 9.82. The molecule has 2 aliphatic heterocycles. The van der Waals surface area contributed by atoms with Crippen molar-refractivity contribution in [1.82, 2.24) is 14.9 Å². The summed E-state index contributed by atoms with van der Waals surface area (Å²) < 4.78 is 5.66. The van der Waals surface area contributed by atoms with Crippen molar-refractivity contribution in [2.24, 2.45) is 0 Å². The fourth-order valence-corrected chi connectivity index (χ4v) is 4.45. The van der Waals surface area contributed by atoms with Crippen molar-refractivity contribution in [1.29, 1.82) is 0 Å². The monoisotopic (exact) mass is 388 g/mol. The van der Waals surface area contributed by atoms with Gasteiger partial charge in [-0.25, -0.2) is 9.78 Å². The minimum Gasteiger partial charge on any atom is -0.444 e. The van der Waals surface area contributed by atoms with Crippen molar-refractivity contribution in [2.45, 2.75) is 51.2 Å². The zero-order valence-corrected chi connectivity index (χ0v) is 16.8. The van der Waals surface area contributed by atoms with E-state index >= 15 is 0 Å². The standard InChI is InChI=1S/C20H25ClN4O2/c1-19(2,3)27-18(26)25-10-5-7-20(25)8-11-24(13-20)17-14-6-4-9-22-15(14)12-16(21)23-17/h4,6,9,12H,5,7-8,10-11,13H2,1-3H3. The lowest BCUT2D eigenvalue weighted by Gasteiger charge is -2.36. The zero-order valence-electron chi connectivity index (χ0n) is 16.0. The van der Waals surface area contributed by atoms with E-state index in [2.05, 4.69) is 14.9 Å². The SMILES string of the molecule is CC(C)(C)OC(=O)N1CCCC12CCN(c1nc(Cl)cc3ncccc13)C2. The van der Waals surface area contributed by atoms with Gasteiger partial charge in [-0.3, -0.25) is 4.98 Å². The normalized spacial score (nSPS) is 22.8. The van der Waals surface area contributed by atoms with E-state index in [1.165, 1.54) is 0 Å². The van der Waals surface area contributed by atoms with Crippen LogP contribution in [0.15, 0.2) is 24.4 Å². The van der Waals surface area contributed by atoms with Crippen molar-refractivity contribution in [3.8, 4) is 0 Å². The summed E-state index contributed by atoms with van der Waals surface area (Å²) in [6.45, 7) is 8.03. The Balaban J connectivity index is 1.62. The van der Waals surface area contributed by atoms with Crippen LogP contribution in [0, 0.1) is 0 Å². The molecule has 4 heterocycles. The third-order valence-electron chi connectivity index (χ3n) is 5.39. The largest absolute Gasteiger partial charge is 0.444 e. The number of rotatable bonds is 1. The number of anilines is 1. The topological polar surface area (TPSA) is 58.6 Å². The van der Waals surface area contributed by atoms with Crippen LogP contribution in [0.1, 0.15) is 40.0 Å². The number of aromatic nitrogens is 2. The molecule has 1 unspecified atom stereocenters. The number of hydrogen-bond donors (Lipinski definition) is 0. The molecule has 27 heavy (non-hydrogen) atoms. The predicted octanol–water partition coefficient (Wildman–Crippen LogP) is 4.26. The minimum absolute atomic E-state index is 0.194. The van der Waals surface area contributed by atoms with Gasteiger partial charge < -0.3 is 14.5 Å². The average Bonchev–Trinajstić information content (AvgIpc) is 3.20. The second-order valence-corrected chi connectivity index (χ2v) is 8.86. The van der Waals surface area contributed by atoms with E-state index in [1.807, 2.05) is 37.8 Å². The molecule has 2 aliphatic rings. The van der Waals surface area contributed by atoms with E-state index in [4.69, 9.17) is 16.3 Å². The van der Waals surface area contributed by atoms with Gasteiger partial charge in [-0.05, 0) is 52.2 Å². The molecule has 1 atom stereocenters. The maximum atomic E-state index is 12.8. The van der Waals surface area contributed by atoms with Crippen LogP contribution >= 0.6 is 11.6 Å². The number of halogens is 1. The molecule has 4 rings (SSSR count). The molecule has 6 nitrogen and oxygen atoms in total. The number of carbonyl (C=O) groups excluding carboxylic acids is 1. The van der Waals surface area contributed by atoms with Gasteiger partial charge in [0.15, 0.2) is 0 Å². The van der Waals surface area contributed by atoms with Crippen LogP contribution in [0.3, 0.4) is 0 Å². The van der Waals surface area contributed by atoms with Crippen molar-refractivity contribution >= 4 is 34.4 Å². The second kappa shape index (κ2) is 6.51. The molecule has 7 heteroatoms. The van der Waals surface area contributed by atoms with E-state index in [-0.39, 0.29) is 11.6 Å². The summed E-state index contributed by atoms with van der Waals surface area (Å²) in [5.74, 6) is 0.846. The van der Waals surface area contributed by atoms with Crippen molar-refractivity contribution in [3.05, 3.63) is 29.5 Å². The highest BCUT2D eigenvalue weighted by Crippen LogP contribution is 2.41. The van der Waals surface area contributed by atoms with Crippen molar-refractivity contribution < 1.29 is 9.53 Å². The Morgan fingerprint density at radius 3 is 2.89 bits per heavy atom. The molecular formula is C20H25ClN4O2. The molecule has 144 valence electrons. The quantitative estimate of drug-likeness (QED) is 0.683. The van der Waals surface area contributed by atoms with E-state index in [0.717, 1.165) is 55.6 Å². The second-order valence-electron chi connectivity index (χ2n) is 8.47. The third kappa shape index (κ3) is 3.43. The van der Waals surface area contributed by atoms with Crippen LogP contribution in [0.4, 0.5) is 10.6 Å². The highest BCUT2D eigenvalue weighted by molar-refractivity contribution is 6.30. The smallest absolute Gasteiger partial charge is 0.410 e. The fourth-order valence-electron chi connectivity index (χ4n) is 4.27. The highest BCUT2D eigenvalue weighted by atomic mass is 35.5. The molecule has 2 aromatic rings. The first kappa shape index (κ1) is 18.3. The fraction of sp³-hybridized carbons (Fsp3) is 0.550. The number of amides is 1. The lowest BCUT2D eigenvalue weighted by atomic mass is 9.95. The maximum Gasteiger partial charge on any atom is 0.410 e.